The summed E-state index contributed by atoms with van der Waals surface area (Å²) in [5.41, 5.74) is -0.389. The van der Waals surface area contributed by atoms with Crippen LogP contribution in [0.5, 0.6) is 0 Å². The standard InChI is InChI=1S/C13H9BrClF2N3O/c1-18-11-3-2-7(15)12(20-11)13(21)19-10-5-8(16)6(14)4-9(10)17/h2-5H,1H3,(H,18,20)(H,19,21). The van der Waals surface area contributed by atoms with Gasteiger partial charge in [-0.15, -0.1) is 0 Å². The SMILES string of the molecule is CNc1ccc(Cl)c(C(=O)Nc2cc(F)c(Br)cc2F)n1. The fourth-order valence-electron chi connectivity index (χ4n) is 1.54. The fraction of sp³-hybridized carbons (Fsp3) is 0.0769. The van der Waals surface area contributed by atoms with Crippen molar-refractivity contribution in [3.05, 3.63) is 51.1 Å². The summed E-state index contributed by atoms with van der Waals surface area (Å²) in [5, 5.41) is 5.09. The molecule has 0 fully saturated rings. The minimum Gasteiger partial charge on any atom is -0.373 e. The number of halogens is 4. The molecule has 0 saturated heterocycles. The molecule has 2 rings (SSSR count). The van der Waals surface area contributed by atoms with Gasteiger partial charge in [-0.25, -0.2) is 13.8 Å². The largest absolute Gasteiger partial charge is 0.373 e. The number of carbonyl (C=O) groups is 1. The first-order valence-corrected chi connectivity index (χ1v) is 6.89. The van der Waals surface area contributed by atoms with Crippen molar-refractivity contribution in [3.63, 3.8) is 0 Å². The van der Waals surface area contributed by atoms with Crippen LogP contribution < -0.4 is 10.6 Å². The number of rotatable bonds is 3. The molecule has 8 heteroatoms. The minimum absolute atomic E-state index is 0.0358. The Morgan fingerprint density at radius 3 is 2.67 bits per heavy atom. The highest BCUT2D eigenvalue weighted by atomic mass is 79.9. The third kappa shape index (κ3) is 3.48. The number of anilines is 2. The lowest BCUT2D eigenvalue weighted by atomic mass is 10.2. The molecule has 1 amide bonds. The van der Waals surface area contributed by atoms with Crippen molar-refractivity contribution in [1.82, 2.24) is 4.98 Å². The van der Waals surface area contributed by atoms with Gasteiger partial charge in [-0.05, 0) is 34.1 Å². The average Bonchev–Trinajstić information content (AvgIpc) is 2.45. The first kappa shape index (κ1) is 15.7. The van der Waals surface area contributed by atoms with Crippen LogP contribution in [0.1, 0.15) is 10.5 Å². The number of benzene rings is 1. The molecule has 0 radical (unpaired) electrons. The van der Waals surface area contributed by atoms with E-state index >= 15 is 0 Å². The summed E-state index contributed by atoms with van der Waals surface area (Å²) in [6.07, 6.45) is 0. The highest BCUT2D eigenvalue weighted by molar-refractivity contribution is 9.10. The van der Waals surface area contributed by atoms with Crippen LogP contribution in [0, 0.1) is 11.6 Å². The summed E-state index contributed by atoms with van der Waals surface area (Å²) in [5.74, 6) is -1.79. The number of carbonyl (C=O) groups excluding carboxylic acids is 1. The Kier molecular flexibility index (Phi) is 4.74. The van der Waals surface area contributed by atoms with Gasteiger partial charge in [0.15, 0.2) is 0 Å². The molecule has 1 aromatic carbocycles. The first-order valence-electron chi connectivity index (χ1n) is 5.72. The van der Waals surface area contributed by atoms with Gasteiger partial charge in [0, 0.05) is 13.1 Å². The molecule has 2 aromatic rings. The zero-order chi connectivity index (χ0) is 15.6. The lowest BCUT2D eigenvalue weighted by molar-refractivity contribution is 0.102. The van der Waals surface area contributed by atoms with Crippen molar-refractivity contribution in [2.24, 2.45) is 0 Å². The number of hydrogen-bond acceptors (Lipinski definition) is 3. The van der Waals surface area contributed by atoms with Crippen LogP contribution in [0.3, 0.4) is 0 Å². The van der Waals surface area contributed by atoms with E-state index < -0.39 is 17.5 Å². The Morgan fingerprint density at radius 2 is 2.00 bits per heavy atom. The number of amides is 1. The number of hydrogen-bond donors (Lipinski definition) is 2. The Bertz CT molecular complexity index is 712. The van der Waals surface area contributed by atoms with E-state index in [1.54, 1.807) is 13.1 Å². The molecular weight excluding hydrogens is 368 g/mol. The minimum atomic E-state index is -0.780. The highest BCUT2D eigenvalue weighted by Crippen LogP contribution is 2.24. The molecule has 1 aromatic heterocycles. The van der Waals surface area contributed by atoms with Crippen LogP contribution >= 0.6 is 27.5 Å². The molecule has 0 saturated carbocycles. The number of nitrogens with one attached hydrogen (secondary N) is 2. The van der Waals surface area contributed by atoms with Gasteiger partial charge in [0.05, 0.1) is 15.2 Å². The van der Waals surface area contributed by atoms with Crippen LogP contribution in [0.2, 0.25) is 5.02 Å². The van der Waals surface area contributed by atoms with Crippen molar-refractivity contribution < 1.29 is 13.6 Å². The summed E-state index contributed by atoms with van der Waals surface area (Å²) in [6.45, 7) is 0. The van der Waals surface area contributed by atoms with Gasteiger partial charge in [0.1, 0.15) is 23.1 Å². The quantitative estimate of drug-likeness (QED) is 0.794. The maximum Gasteiger partial charge on any atom is 0.275 e. The van der Waals surface area contributed by atoms with Crippen LogP contribution in [-0.4, -0.2) is 17.9 Å². The van der Waals surface area contributed by atoms with E-state index in [2.05, 4.69) is 31.5 Å². The van der Waals surface area contributed by atoms with Crippen molar-refractivity contribution in [2.75, 3.05) is 17.7 Å². The summed E-state index contributed by atoms with van der Waals surface area (Å²) in [7, 11) is 1.63. The van der Waals surface area contributed by atoms with Gasteiger partial charge >= 0.3 is 0 Å². The summed E-state index contributed by atoms with van der Waals surface area (Å²) >= 11 is 8.74. The number of nitrogens with zero attached hydrogens (tertiary/aromatic N) is 1. The lowest BCUT2D eigenvalue weighted by Gasteiger charge is -2.09. The molecule has 0 bridgehead atoms. The maximum atomic E-state index is 13.7. The third-order valence-electron chi connectivity index (χ3n) is 2.58. The predicted octanol–water partition coefficient (Wildman–Crippen LogP) is 4.07. The highest BCUT2D eigenvalue weighted by Gasteiger charge is 2.16. The molecule has 2 N–H and O–H groups in total. The Balaban J connectivity index is 2.32. The molecule has 0 aliphatic carbocycles. The summed E-state index contributed by atoms with van der Waals surface area (Å²) < 4.78 is 27.0. The van der Waals surface area contributed by atoms with Crippen LogP contribution in [0.15, 0.2) is 28.7 Å². The second-order valence-electron chi connectivity index (χ2n) is 3.98. The second-order valence-corrected chi connectivity index (χ2v) is 5.24. The predicted molar refractivity (Wildman–Crippen MR) is 80.8 cm³/mol. The van der Waals surface area contributed by atoms with E-state index in [4.69, 9.17) is 11.6 Å². The van der Waals surface area contributed by atoms with Crippen LogP contribution in [0.4, 0.5) is 20.3 Å². The summed E-state index contributed by atoms with van der Waals surface area (Å²) in [4.78, 5) is 16.0. The van der Waals surface area contributed by atoms with Gasteiger partial charge in [-0.1, -0.05) is 11.6 Å². The number of pyridine rings is 1. The van der Waals surface area contributed by atoms with Gasteiger partial charge in [-0.2, -0.15) is 0 Å². The normalized spacial score (nSPS) is 10.3. The first-order chi connectivity index (χ1) is 9.92. The fourth-order valence-corrected chi connectivity index (χ4v) is 2.05. The molecule has 1 heterocycles. The lowest BCUT2D eigenvalue weighted by Crippen LogP contribution is -2.16. The monoisotopic (exact) mass is 375 g/mol. The Morgan fingerprint density at radius 1 is 1.29 bits per heavy atom. The van der Waals surface area contributed by atoms with E-state index in [9.17, 15) is 13.6 Å². The van der Waals surface area contributed by atoms with Crippen molar-refractivity contribution >= 4 is 44.9 Å². The van der Waals surface area contributed by atoms with E-state index in [-0.39, 0.29) is 20.9 Å². The van der Waals surface area contributed by atoms with Gasteiger partial charge in [-0.3, -0.25) is 4.79 Å². The van der Waals surface area contributed by atoms with Gasteiger partial charge in [0.2, 0.25) is 0 Å². The Labute approximate surface area is 132 Å². The van der Waals surface area contributed by atoms with Gasteiger partial charge < -0.3 is 10.6 Å². The zero-order valence-electron chi connectivity index (χ0n) is 10.7. The molecule has 21 heavy (non-hydrogen) atoms. The molecule has 0 unspecified atom stereocenters. The van der Waals surface area contributed by atoms with E-state index in [1.807, 2.05) is 0 Å². The van der Waals surface area contributed by atoms with Crippen molar-refractivity contribution in [2.45, 2.75) is 0 Å². The second kappa shape index (κ2) is 6.36. The smallest absolute Gasteiger partial charge is 0.275 e. The zero-order valence-corrected chi connectivity index (χ0v) is 13.0. The molecule has 0 spiro atoms. The van der Waals surface area contributed by atoms with Crippen molar-refractivity contribution in [1.29, 1.82) is 0 Å². The van der Waals surface area contributed by atoms with Crippen LogP contribution in [0.25, 0.3) is 0 Å². The van der Waals surface area contributed by atoms with Crippen LogP contribution in [-0.2, 0) is 0 Å². The molecule has 110 valence electrons. The maximum absolute atomic E-state index is 13.7. The third-order valence-corrected chi connectivity index (χ3v) is 3.49. The topological polar surface area (TPSA) is 54.0 Å². The van der Waals surface area contributed by atoms with E-state index in [1.165, 1.54) is 6.07 Å². The number of aromatic nitrogens is 1. The molecule has 0 aliphatic rings. The average molecular weight is 377 g/mol. The molecular formula is C13H9BrClF2N3O. The Hall–Kier alpha value is -1.73. The van der Waals surface area contributed by atoms with E-state index in [0.29, 0.717) is 5.82 Å². The van der Waals surface area contributed by atoms with Crippen molar-refractivity contribution in [3.8, 4) is 0 Å². The van der Waals surface area contributed by atoms with E-state index in [0.717, 1.165) is 12.1 Å². The summed E-state index contributed by atoms with van der Waals surface area (Å²) in [6, 6.07) is 4.85. The molecule has 0 aliphatic heterocycles. The molecule has 4 nitrogen and oxygen atoms in total. The van der Waals surface area contributed by atoms with Gasteiger partial charge in [0.25, 0.3) is 5.91 Å². The molecule has 0 atom stereocenters.